The van der Waals surface area contributed by atoms with Gasteiger partial charge in [0, 0.05) is 43.0 Å². The van der Waals surface area contributed by atoms with Crippen LogP contribution in [0.4, 0.5) is 5.69 Å². The van der Waals surface area contributed by atoms with E-state index in [1.54, 1.807) is 21.3 Å². The van der Waals surface area contributed by atoms with Crippen molar-refractivity contribution in [2.24, 2.45) is 0 Å². The first kappa shape index (κ1) is 16.4. The summed E-state index contributed by atoms with van der Waals surface area (Å²) in [6.45, 7) is 1.94. The average molecular weight is 307 g/mol. The molecule has 0 aromatic heterocycles. The van der Waals surface area contributed by atoms with Gasteiger partial charge in [0.2, 0.25) is 5.91 Å². The van der Waals surface area contributed by atoms with E-state index in [1.165, 1.54) is 0 Å². The van der Waals surface area contributed by atoms with E-state index in [1.807, 2.05) is 23.1 Å². The number of carbonyl (C=O) groups excluding carboxylic acids is 1. The van der Waals surface area contributed by atoms with Crippen LogP contribution in [-0.2, 0) is 4.79 Å². The smallest absolute Gasteiger partial charge is 0.236 e. The first-order valence-electron chi connectivity index (χ1n) is 7.58. The number of likely N-dealkylation sites (tertiary alicyclic amines) is 1. The summed E-state index contributed by atoms with van der Waals surface area (Å²) in [4.78, 5) is 13.9. The lowest BCUT2D eigenvalue weighted by Crippen LogP contribution is -2.47. The molecule has 1 aromatic carbocycles. The number of piperidine rings is 1. The molecule has 0 aliphatic carbocycles. The van der Waals surface area contributed by atoms with Crippen molar-refractivity contribution in [3.63, 3.8) is 0 Å². The van der Waals surface area contributed by atoms with Crippen LogP contribution < -0.4 is 20.1 Å². The van der Waals surface area contributed by atoms with Crippen LogP contribution in [0.5, 0.6) is 11.5 Å². The standard InChI is InChI=1S/C16H25N3O3/c1-17-10-16(20)19-6-4-5-12(11-19)18-13-7-14(21-2)9-15(8-13)22-3/h7-9,12,17-18H,4-6,10-11H2,1-3H3. The van der Waals surface area contributed by atoms with Crippen molar-refractivity contribution in [1.82, 2.24) is 10.2 Å². The van der Waals surface area contributed by atoms with E-state index in [0.29, 0.717) is 6.54 Å². The molecule has 1 aliphatic heterocycles. The molecule has 1 fully saturated rings. The molecule has 0 saturated carbocycles. The molecule has 0 radical (unpaired) electrons. The summed E-state index contributed by atoms with van der Waals surface area (Å²) in [7, 11) is 5.06. The van der Waals surface area contributed by atoms with E-state index >= 15 is 0 Å². The first-order chi connectivity index (χ1) is 10.7. The van der Waals surface area contributed by atoms with Gasteiger partial charge in [0.25, 0.3) is 0 Å². The van der Waals surface area contributed by atoms with Gasteiger partial charge in [0.15, 0.2) is 0 Å². The summed E-state index contributed by atoms with van der Waals surface area (Å²) in [5.74, 6) is 1.65. The van der Waals surface area contributed by atoms with Crippen molar-refractivity contribution in [1.29, 1.82) is 0 Å². The van der Waals surface area contributed by atoms with Gasteiger partial charge in [-0.2, -0.15) is 0 Å². The van der Waals surface area contributed by atoms with Crippen molar-refractivity contribution in [2.45, 2.75) is 18.9 Å². The summed E-state index contributed by atoms with van der Waals surface area (Å²) in [5, 5.41) is 6.40. The minimum Gasteiger partial charge on any atom is -0.497 e. The number of nitrogens with one attached hydrogen (secondary N) is 2. The van der Waals surface area contributed by atoms with Crippen molar-refractivity contribution in [3.8, 4) is 11.5 Å². The van der Waals surface area contributed by atoms with E-state index < -0.39 is 0 Å². The van der Waals surface area contributed by atoms with Gasteiger partial charge in [-0.25, -0.2) is 0 Å². The van der Waals surface area contributed by atoms with Gasteiger partial charge in [0.1, 0.15) is 11.5 Å². The zero-order chi connectivity index (χ0) is 15.9. The molecule has 1 atom stereocenters. The summed E-state index contributed by atoms with van der Waals surface area (Å²) in [6, 6.07) is 5.97. The number of nitrogens with zero attached hydrogens (tertiary/aromatic N) is 1. The van der Waals surface area contributed by atoms with Crippen molar-refractivity contribution >= 4 is 11.6 Å². The van der Waals surface area contributed by atoms with Crippen LogP contribution in [0.1, 0.15) is 12.8 Å². The Bertz CT molecular complexity index is 485. The Labute approximate surface area is 131 Å². The maximum absolute atomic E-state index is 12.0. The van der Waals surface area contributed by atoms with Crippen LogP contribution in [-0.4, -0.2) is 57.8 Å². The highest BCUT2D eigenvalue weighted by Crippen LogP contribution is 2.27. The third-order valence-corrected chi connectivity index (χ3v) is 3.82. The Morgan fingerprint density at radius 3 is 2.55 bits per heavy atom. The molecule has 0 bridgehead atoms. The van der Waals surface area contributed by atoms with E-state index in [2.05, 4.69) is 10.6 Å². The van der Waals surface area contributed by atoms with Gasteiger partial charge in [-0.3, -0.25) is 4.79 Å². The Hall–Kier alpha value is -1.95. The normalized spacial score (nSPS) is 18.0. The lowest BCUT2D eigenvalue weighted by atomic mass is 10.0. The molecule has 1 unspecified atom stereocenters. The zero-order valence-corrected chi connectivity index (χ0v) is 13.5. The average Bonchev–Trinajstić information content (AvgIpc) is 2.55. The van der Waals surface area contributed by atoms with Crippen LogP contribution in [0.2, 0.25) is 0 Å². The molecule has 1 heterocycles. The van der Waals surface area contributed by atoms with E-state index in [9.17, 15) is 4.79 Å². The maximum Gasteiger partial charge on any atom is 0.236 e. The topological polar surface area (TPSA) is 62.8 Å². The van der Waals surface area contributed by atoms with Crippen LogP contribution in [0, 0.1) is 0 Å². The predicted molar refractivity (Wildman–Crippen MR) is 86.7 cm³/mol. The molecule has 0 spiro atoms. The molecule has 2 rings (SSSR count). The monoisotopic (exact) mass is 307 g/mol. The molecule has 22 heavy (non-hydrogen) atoms. The van der Waals surface area contributed by atoms with Crippen molar-refractivity contribution in [3.05, 3.63) is 18.2 Å². The Kier molecular flexibility index (Phi) is 5.89. The molecule has 1 aliphatic rings. The fraction of sp³-hybridized carbons (Fsp3) is 0.562. The SMILES string of the molecule is CNCC(=O)N1CCCC(Nc2cc(OC)cc(OC)c2)C1. The maximum atomic E-state index is 12.0. The van der Waals surface area contributed by atoms with Gasteiger partial charge < -0.3 is 25.0 Å². The third-order valence-electron chi connectivity index (χ3n) is 3.82. The molecule has 122 valence electrons. The van der Waals surface area contributed by atoms with E-state index in [0.717, 1.165) is 43.1 Å². The van der Waals surface area contributed by atoms with Crippen molar-refractivity contribution in [2.75, 3.05) is 46.2 Å². The van der Waals surface area contributed by atoms with Gasteiger partial charge in [-0.15, -0.1) is 0 Å². The Balaban J connectivity index is 2.02. The molecule has 1 amide bonds. The number of carbonyl (C=O) groups is 1. The van der Waals surface area contributed by atoms with Crippen LogP contribution >= 0.6 is 0 Å². The van der Waals surface area contributed by atoms with Gasteiger partial charge in [-0.1, -0.05) is 0 Å². The third kappa shape index (κ3) is 4.27. The van der Waals surface area contributed by atoms with Crippen LogP contribution in [0.25, 0.3) is 0 Å². The van der Waals surface area contributed by atoms with Crippen molar-refractivity contribution < 1.29 is 14.3 Å². The highest BCUT2D eigenvalue weighted by Gasteiger charge is 2.23. The highest BCUT2D eigenvalue weighted by molar-refractivity contribution is 5.78. The van der Waals surface area contributed by atoms with Gasteiger partial charge >= 0.3 is 0 Å². The predicted octanol–water partition coefficient (Wildman–Crippen LogP) is 1.33. The number of ether oxygens (including phenoxy) is 2. The number of rotatable bonds is 6. The number of methoxy groups -OCH3 is 2. The number of amides is 1. The largest absolute Gasteiger partial charge is 0.497 e. The number of hydrogen-bond donors (Lipinski definition) is 2. The number of likely N-dealkylation sites (N-methyl/N-ethyl adjacent to an activating group) is 1. The molecule has 6 nitrogen and oxygen atoms in total. The second-order valence-corrected chi connectivity index (χ2v) is 5.45. The first-order valence-corrected chi connectivity index (χ1v) is 7.58. The van der Waals surface area contributed by atoms with Crippen LogP contribution in [0.3, 0.4) is 0 Å². The van der Waals surface area contributed by atoms with E-state index in [-0.39, 0.29) is 11.9 Å². The fourth-order valence-electron chi connectivity index (χ4n) is 2.71. The second kappa shape index (κ2) is 7.89. The van der Waals surface area contributed by atoms with Gasteiger partial charge in [0.05, 0.1) is 20.8 Å². The zero-order valence-electron chi connectivity index (χ0n) is 13.5. The minimum atomic E-state index is 0.150. The summed E-state index contributed by atoms with van der Waals surface area (Å²) in [6.07, 6.45) is 2.05. The Morgan fingerprint density at radius 2 is 1.95 bits per heavy atom. The van der Waals surface area contributed by atoms with Gasteiger partial charge in [-0.05, 0) is 19.9 Å². The number of benzene rings is 1. The number of hydrogen-bond acceptors (Lipinski definition) is 5. The highest BCUT2D eigenvalue weighted by atomic mass is 16.5. The molecule has 1 aromatic rings. The quantitative estimate of drug-likeness (QED) is 0.830. The minimum absolute atomic E-state index is 0.150. The van der Waals surface area contributed by atoms with E-state index in [4.69, 9.17) is 9.47 Å². The molecular weight excluding hydrogens is 282 g/mol. The number of anilines is 1. The molecular formula is C16H25N3O3. The summed E-state index contributed by atoms with van der Waals surface area (Å²) < 4.78 is 10.6. The molecule has 2 N–H and O–H groups in total. The fourth-order valence-corrected chi connectivity index (χ4v) is 2.71. The summed E-state index contributed by atoms with van der Waals surface area (Å²) >= 11 is 0. The second-order valence-electron chi connectivity index (χ2n) is 5.45. The summed E-state index contributed by atoms with van der Waals surface area (Å²) in [5.41, 5.74) is 0.948. The molecule has 1 saturated heterocycles. The lowest BCUT2D eigenvalue weighted by molar-refractivity contribution is -0.131. The Morgan fingerprint density at radius 1 is 1.27 bits per heavy atom. The lowest BCUT2D eigenvalue weighted by Gasteiger charge is -2.33. The van der Waals surface area contributed by atoms with Crippen LogP contribution in [0.15, 0.2) is 18.2 Å². The molecule has 6 heteroatoms.